The number of ether oxygens (including phenoxy) is 1. The van der Waals surface area contributed by atoms with Crippen LogP contribution in [0.5, 0.6) is 5.75 Å². The molecule has 166 valence electrons. The number of hydrogen-bond donors (Lipinski definition) is 0. The zero-order valence-corrected chi connectivity index (χ0v) is 19.9. The normalized spacial score (nSPS) is 17.9. The number of benzene rings is 2. The minimum absolute atomic E-state index is 0.221. The van der Waals surface area contributed by atoms with Crippen molar-refractivity contribution in [3.05, 3.63) is 63.5 Å². The van der Waals surface area contributed by atoms with E-state index in [9.17, 15) is 14.4 Å². The number of carbonyl (C=O) groups excluding carboxylic acids is 3. The Bertz CT molecular complexity index is 1070. The van der Waals surface area contributed by atoms with Crippen LogP contribution in [0.4, 0.5) is 10.5 Å². The first-order valence-electron chi connectivity index (χ1n) is 10.1. The molecular weight excluding hydrogens is 494 g/mol. The Hall–Kier alpha value is -2.78. The van der Waals surface area contributed by atoms with Crippen molar-refractivity contribution in [1.82, 2.24) is 9.80 Å². The fourth-order valence-electron chi connectivity index (χ4n) is 3.68. The average Bonchev–Trinajstić information content (AvgIpc) is 3.07. The summed E-state index contributed by atoms with van der Waals surface area (Å²) in [6.07, 6.45) is 1.62. The van der Waals surface area contributed by atoms with E-state index in [4.69, 9.17) is 4.74 Å². The van der Waals surface area contributed by atoms with E-state index in [-0.39, 0.29) is 17.4 Å². The van der Waals surface area contributed by atoms with Gasteiger partial charge in [-0.25, -0.2) is 0 Å². The van der Waals surface area contributed by atoms with Crippen molar-refractivity contribution >= 4 is 56.5 Å². The van der Waals surface area contributed by atoms with Crippen LogP contribution in [0.25, 0.3) is 6.08 Å². The Balaban J connectivity index is 1.40. The zero-order valence-electron chi connectivity index (χ0n) is 17.5. The lowest BCUT2D eigenvalue weighted by molar-refractivity contribution is -0.136. The summed E-state index contributed by atoms with van der Waals surface area (Å²) >= 11 is 4.24. The van der Waals surface area contributed by atoms with Crippen LogP contribution in [-0.2, 0) is 9.59 Å². The van der Waals surface area contributed by atoms with Crippen molar-refractivity contribution < 1.29 is 19.1 Å². The van der Waals surface area contributed by atoms with Crippen LogP contribution >= 0.6 is 27.7 Å². The first kappa shape index (κ1) is 22.4. The van der Waals surface area contributed by atoms with Gasteiger partial charge in [0.1, 0.15) is 12.3 Å². The van der Waals surface area contributed by atoms with Crippen LogP contribution in [0.3, 0.4) is 0 Å². The number of anilines is 1. The number of thioether (sulfide) groups is 1. The molecule has 2 aromatic carbocycles. The van der Waals surface area contributed by atoms with Gasteiger partial charge in [0.05, 0.1) is 12.0 Å². The molecule has 2 aromatic rings. The van der Waals surface area contributed by atoms with Crippen molar-refractivity contribution in [3.8, 4) is 5.75 Å². The fourth-order valence-corrected chi connectivity index (χ4v) is 4.89. The second-order valence-electron chi connectivity index (χ2n) is 7.36. The molecule has 3 amide bonds. The average molecular weight is 516 g/mol. The molecule has 0 unspecified atom stereocenters. The maximum Gasteiger partial charge on any atom is 0.294 e. The van der Waals surface area contributed by atoms with Gasteiger partial charge in [-0.2, -0.15) is 0 Å². The number of piperazine rings is 1. The second kappa shape index (κ2) is 9.79. The van der Waals surface area contributed by atoms with Crippen LogP contribution in [0, 0.1) is 0 Å². The molecule has 2 fully saturated rings. The maximum atomic E-state index is 12.8. The molecule has 0 N–H and O–H groups in total. The van der Waals surface area contributed by atoms with Crippen LogP contribution < -0.4 is 9.64 Å². The number of rotatable bonds is 5. The predicted molar refractivity (Wildman–Crippen MR) is 129 cm³/mol. The molecule has 0 bridgehead atoms. The molecule has 0 aromatic heterocycles. The molecule has 0 radical (unpaired) electrons. The lowest BCUT2D eigenvalue weighted by Crippen LogP contribution is -2.51. The lowest BCUT2D eigenvalue weighted by atomic mass is 10.2. The van der Waals surface area contributed by atoms with E-state index in [1.807, 2.05) is 42.5 Å². The summed E-state index contributed by atoms with van der Waals surface area (Å²) in [6, 6.07) is 15.5. The highest BCUT2D eigenvalue weighted by molar-refractivity contribution is 9.10. The minimum Gasteiger partial charge on any atom is -0.496 e. The summed E-state index contributed by atoms with van der Waals surface area (Å²) in [5, 5.41) is -0.438. The van der Waals surface area contributed by atoms with Crippen molar-refractivity contribution in [2.24, 2.45) is 0 Å². The summed E-state index contributed by atoms with van der Waals surface area (Å²) in [5.41, 5.74) is 1.80. The molecule has 2 heterocycles. The zero-order chi connectivity index (χ0) is 22.7. The Morgan fingerprint density at radius 3 is 2.50 bits per heavy atom. The molecule has 0 saturated carbocycles. The molecule has 9 heteroatoms. The first-order valence-corrected chi connectivity index (χ1v) is 11.7. The third-order valence-corrected chi connectivity index (χ3v) is 6.80. The third-order valence-electron chi connectivity index (χ3n) is 5.40. The topological polar surface area (TPSA) is 70.2 Å². The van der Waals surface area contributed by atoms with E-state index in [1.54, 1.807) is 24.2 Å². The molecule has 2 aliphatic rings. The Kier molecular flexibility index (Phi) is 6.86. The lowest BCUT2D eigenvalue weighted by Gasteiger charge is -2.36. The van der Waals surface area contributed by atoms with E-state index in [0.717, 1.165) is 26.8 Å². The SMILES string of the molecule is COc1ccc(Br)cc1/C=C1/SC(=O)N(CC(=O)N2CCN(c3ccccc3)CC2)C1=O. The van der Waals surface area contributed by atoms with Gasteiger partial charge in [0.25, 0.3) is 11.1 Å². The predicted octanol–water partition coefficient (Wildman–Crippen LogP) is 3.84. The van der Waals surface area contributed by atoms with E-state index < -0.39 is 11.1 Å². The largest absolute Gasteiger partial charge is 0.496 e. The summed E-state index contributed by atoms with van der Waals surface area (Å²) in [7, 11) is 1.54. The van der Waals surface area contributed by atoms with Crippen LogP contribution in [0.2, 0.25) is 0 Å². The second-order valence-corrected chi connectivity index (χ2v) is 9.27. The molecule has 32 heavy (non-hydrogen) atoms. The Labute approximate surface area is 199 Å². The Morgan fingerprint density at radius 1 is 1.09 bits per heavy atom. The smallest absolute Gasteiger partial charge is 0.294 e. The molecule has 4 rings (SSSR count). The van der Waals surface area contributed by atoms with Gasteiger partial charge in [-0.05, 0) is 48.2 Å². The quantitative estimate of drug-likeness (QED) is 0.563. The number of methoxy groups -OCH3 is 1. The molecule has 0 atom stereocenters. The summed E-state index contributed by atoms with van der Waals surface area (Å²) in [6.45, 7) is 2.27. The van der Waals surface area contributed by atoms with Gasteiger partial charge in [0, 0.05) is 41.9 Å². The fraction of sp³-hybridized carbons (Fsp3) is 0.261. The highest BCUT2D eigenvalue weighted by Crippen LogP contribution is 2.34. The molecule has 2 aliphatic heterocycles. The summed E-state index contributed by atoms with van der Waals surface area (Å²) in [5.74, 6) is -0.0908. The standard InChI is InChI=1S/C23H22BrN3O4S/c1-31-19-8-7-17(24)13-16(19)14-20-22(29)27(23(30)32-20)15-21(28)26-11-9-25(10-12-26)18-5-3-2-4-6-18/h2-8,13-14H,9-12,15H2,1H3/b20-14+. The third kappa shape index (κ3) is 4.83. The number of halogens is 1. The van der Waals surface area contributed by atoms with Gasteiger partial charge in [0.15, 0.2) is 0 Å². The monoisotopic (exact) mass is 515 g/mol. The van der Waals surface area contributed by atoms with Gasteiger partial charge >= 0.3 is 0 Å². The van der Waals surface area contributed by atoms with Gasteiger partial charge in [-0.15, -0.1) is 0 Å². The van der Waals surface area contributed by atoms with E-state index >= 15 is 0 Å². The van der Waals surface area contributed by atoms with E-state index in [1.165, 1.54) is 0 Å². The van der Waals surface area contributed by atoms with Crippen LogP contribution in [0.1, 0.15) is 5.56 Å². The van der Waals surface area contributed by atoms with Crippen LogP contribution in [0.15, 0.2) is 57.9 Å². The van der Waals surface area contributed by atoms with E-state index in [0.29, 0.717) is 37.5 Å². The van der Waals surface area contributed by atoms with Crippen LogP contribution in [-0.4, -0.2) is 66.7 Å². The van der Waals surface area contributed by atoms with Gasteiger partial charge < -0.3 is 14.5 Å². The summed E-state index contributed by atoms with van der Waals surface area (Å²) < 4.78 is 6.16. The minimum atomic E-state index is -0.460. The maximum absolute atomic E-state index is 12.8. The van der Waals surface area contributed by atoms with Crippen molar-refractivity contribution in [3.63, 3.8) is 0 Å². The van der Waals surface area contributed by atoms with Gasteiger partial charge in [-0.3, -0.25) is 19.3 Å². The molecule has 0 spiro atoms. The van der Waals surface area contributed by atoms with Crippen molar-refractivity contribution in [2.75, 3.05) is 44.7 Å². The first-order chi connectivity index (χ1) is 15.5. The summed E-state index contributed by atoms with van der Waals surface area (Å²) in [4.78, 5) is 43.3. The number of nitrogens with zero attached hydrogens (tertiary/aromatic N) is 3. The molecule has 7 nitrogen and oxygen atoms in total. The molecule has 0 aliphatic carbocycles. The number of para-hydroxylation sites is 1. The highest BCUT2D eigenvalue weighted by atomic mass is 79.9. The molecule has 2 saturated heterocycles. The number of amides is 3. The molecular formula is C23H22BrN3O4S. The van der Waals surface area contributed by atoms with E-state index in [2.05, 4.69) is 20.8 Å². The van der Waals surface area contributed by atoms with Crippen molar-refractivity contribution in [2.45, 2.75) is 0 Å². The number of imide groups is 1. The Morgan fingerprint density at radius 2 is 1.81 bits per heavy atom. The van der Waals surface area contributed by atoms with Crippen molar-refractivity contribution in [1.29, 1.82) is 0 Å². The number of carbonyl (C=O) groups is 3. The highest BCUT2D eigenvalue weighted by Gasteiger charge is 2.37. The number of hydrogen-bond acceptors (Lipinski definition) is 6. The van der Waals surface area contributed by atoms with Gasteiger partial charge in [-0.1, -0.05) is 34.1 Å². The van der Waals surface area contributed by atoms with Gasteiger partial charge in [0.2, 0.25) is 5.91 Å².